The Kier molecular flexibility index (Phi) is 4.12. The summed E-state index contributed by atoms with van der Waals surface area (Å²) in [4.78, 5) is 23.6. The van der Waals surface area contributed by atoms with E-state index >= 15 is 0 Å². The van der Waals surface area contributed by atoms with Crippen molar-refractivity contribution in [3.63, 3.8) is 0 Å². The van der Waals surface area contributed by atoms with Crippen LogP contribution in [0.15, 0.2) is 12.1 Å². The van der Waals surface area contributed by atoms with Gasteiger partial charge in [-0.3, -0.25) is 14.9 Å². The van der Waals surface area contributed by atoms with Crippen LogP contribution in [0.2, 0.25) is 0 Å². The molecule has 0 saturated heterocycles. The highest BCUT2D eigenvalue weighted by molar-refractivity contribution is 5.98. The SMILES string of the molecule is N#CCCN(C(=O)c1cc(F)c(F)cc1[N+](=O)[O-])C1CC1. The van der Waals surface area contributed by atoms with Crippen molar-refractivity contribution >= 4 is 11.6 Å². The molecular formula is C13H11F2N3O3. The van der Waals surface area contributed by atoms with Crippen LogP contribution in [-0.4, -0.2) is 28.3 Å². The predicted octanol–water partition coefficient (Wildman–Crippen LogP) is 2.39. The fourth-order valence-electron chi connectivity index (χ4n) is 2.02. The maximum absolute atomic E-state index is 13.3. The summed E-state index contributed by atoms with van der Waals surface area (Å²) >= 11 is 0. The van der Waals surface area contributed by atoms with Gasteiger partial charge in [0.1, 0.15) is 5.56 Å². The quantitative estimate of drug-likeness (QED) is 0.616. The average molecular weight is 295 g/mol. The van der Waals surface area contributed by atoms with Gasteiger partial charge in [-0.2, -0.15) is 5.26 Å². The molecule has 6 nitrogen and oxygen atoms in total. The van der Waals surface area contributed by atoms with Crippen molar-refractivity contribution in [3.8, 4) is 6.07 Å². The van der Waals surface area contributed by atoms with Gasteiger partial charge < -0.3 is 4.90 Å². The van der Waals surface area contributed by atoms with Gasteiger partial charge in [0, 0.05) is 12.6 Å². The van der Waals surface area contributed by atoms with Crippen LogP contribution in [0.3, 0.4) is 0 Å². The minimum absolute atomic E-state index is 0.0692. The minimum atomic E-state index is -1.38. The van der Waals surface area contributed by atoms with Crippen LogP contribution in [0.25, 0.3) is 0 Å². The molecule has 0 aliphatic heterocycles. The molecule has 1 aromatic rings. The molecule has 8 heteroatoms. The number of nitro benzene ring substituents is 1. The Bertz CT molecular complexity index is 638. The van der Waals surface area contributed by atoms with E-state index < -0.39 is 33.7 Å². The molecule has 0 N–H and O–H groups in total. The Morgan fingerprint density at radius 3 is 2.57 bits per heavy atom. The second-order valence-electron chi connectivity index (χ2n) is 4.68. The average Bonchev–Trinajstić information content (AvgIpc) is 3.26. The Morgan fingerprint density at radius 1 is 1.43 bits per heavy atom. The maximum Gasteiger partial charge on any atom is 0.285 e. The van der Waals surface area contributed by atoms with Crippen LogP contribution < -0.4 is 0 Å². The van der Waals surface area contributed by atoms with E-state index in [0.717, 1.165) is 12.8 Å². The number of nitriles is 1. The number of amides is 1. The molecule has 0 unspecified atom stereocenters. The molecule has 1 aromatic carbocycles. The first-order valence-corrected chi connectivity index (χ1v) is 6.27. The fourth-order valence-corrected chi connectivity index (χ4v) is 2.02. The summed E-state index contributed by atoms with van der Waals surface area (Å²) in [6, 6.07) is 2.72. The Balaban J connectivity index is 2.39. The second kappa shape index (κ2) is 5.83. The normalized spacial score (nSPS) is 13.6. The number of halogens is 2. The summed E-state index contributed by atoms with van der Waals surface area (Å²) < 4.78 is 26.4. The van der Waals surface area contributed by atoms with E-state index in [1.807, 2.05) is 6.07 Å². The van der Waals surface area contributed by atoms with Crippen LogP contribution in [-0.2, 0) is 0 Å². The molecule has 110 valence electrons. The van der Waals surface area contributed by atoms with Crippen molar-refractivity contribution in [2.24, 2.45) is 0 Å². The Labute approximate surface area is 118 Å². The van der Waals surface area contributed by atoms with E-state index in [2.05, 4.69) is 0 Å². The molecule has 1 saturated carbocycles. The van der Waals surface area contributed by atoms with Crippen LogP contribution >= 0.6 is 0 Å². The molecule has 0 atom stereocenters. The molecule has 1 amide bonds. The van der Waals surface area contributed by atoms with Crippen molar-refractivity contribution in [3.05, 3.63) is 39.4 Å². The fraction of sp³-hybridized carbons (Fsp3) is 0.385. The zero-order valence-corrected chi connectivity index (χ0v) is 10.9. The predicted molar refractivity (Wildman–Crippen MR) is 67.3 cm³/mol. The molecule has 1 fully saturated rings. The highest BCUT2D eigenvalue weighted by Gasteiger charge is 2.36. The lowest BCUT2D eigenvalue weighted by molar-refractivity contribution is -0.385. The third-order valence-electron chi connectivity index (χ3n) is 3.18. The second-order valence-corrected chi connectivity index (χ2v) is 4.68. The molecule has 0 heterocycles. The molecule has 1 aliphatic rings. The minimum Gasteiger partial charge on any atom is -0.334 e. The van der Waals surface area contributed by atoms with Crippen LogP contribution in [0.5, 0.6) is 0 Å². The Hall–Kier alpha value is -2.56. The number of nitrogens with zero attached hydrogens (tertiary/aromatic N) is 3. The number of hydrogen-bond donors (Lipinski definition) is 0. The van der Waals surface area contributed by atoms with Crippen molar-refractivity contribution in [1.29, 1.82) is 5.26 Å². The van der Waals surface area contributed by atoms with E-state index in [4.69, 9.17) is 5.26 Å². The Morgan fingerprint density at radius 2 is 2.05 bits per heavy atom. The van der Waals surface area contributed by atoms with Crippen LogP contribution in [0.1, 0.15) is 29.6 Å². The van der Waals surface area contributed by atoms with Gasteiger partial charge >= 0.3 is 0 Å². The van der Waals surface area contributed by atoms with Gasteiger partial charge in [-0.1, -0.05) is 0 Å². The standard InChI is InChI=1S/C13H11F2N3O3/c14-10-6-9(12(18(20)21)7-11(10)15)13(19)17(5-1-4-16)8-2-3-8/h6-8H,1-3,5H2. The zero-order valence-electron chi connectivity index (χ0n) is 10.9. The lowest BCUT2D eigenvalue weighted by atomic mass is 10.1. The van der Waals surface area contributed by atoms with Gasteiger partial charge in [0.2, 0.25) is 0 Å². The number of carbonyl (C=O) groups excluding carboxylic acids is 1. The van der Waals surface area contributed by atoms with Crippen molar-refractivity contribution in [2.45, 2.75) is 25.3 Å². The van der Waals surface area contributed by atoms with E-state index in [-0.39, 0.29) is 19.0 Å². The summed E-state index contributed by atoms with van der Waals surface area (Å²) in [7, 11) is 0. The molecule has 1 aliphatic carbocycles. The molecule has 21 heavy (non-hydrogen) atoms. The number of rotatable bonds is 5. The van der Waals surface area contributed by atoms with Crippen molar-refractivity contribution in [1.82, 2.24) is 4.90 Å². The number of nitro groups is 1. The van der Waals surface area contributed by atoms with E-state index in [9.17, 15) is 23.7 Å². The smallest absolute Gasteiger partial charge is 0.285 e. The molecule has 0 spiro atoms. The highest BCUT2D eigenvalue weighted by Crippen LogP contribution is 2.31. The summed E-state index contributed by atoms with van der Waals surface area (Å²) in [5.74, 6) is -3.45. The summed E-state index contributed by atoms with van der Waals surface area (Å²) in [6.45, 7) is 0.107. The number of hydrogen-bond acceptors (Lipinski definition) is 4. The lowest BCUT2D eigenvalue weighted by Crippen LogP contribution is -2.34. The van der Waals surface area contributed by atoms with Gasteiger partial charge in [-0.25, -0.2) is 8.78 Å². The molecule has 0 aromatic heterocycles. The van der Waals surface area contributed by atoms with E-state index in [1.54, 1.807) is 0 Å². The molecule has 0 radical (unpaired) electrons. The number of carbonyl (C=O) groups is 1. The van der Waals surface area contributed by atoms with Crippen molar-refractivity contribution < 1.29 is 18.5 Å². The largest absolute Gasteiger partial charge is 0.334 e. The van der Waals surface area contributed by atoms with E-state index in [1.165, 1.54) is 4.90 Å². The lowest BCUT2D eigenvalue weighted by Gasteiger charge is -2.21. The van der Waals surface area contributed by atoms with Crippen LogP contribution in [0, 0.1) is 33.1 Å². The first-order chi connectivity index (χ1) is 9.95. The van der Waals surface area contributed by atoms with Gasteiger partial charge in [0.15, 0.2) is 11.6 Å². The van der Waals surface area contributed by atoms with Gasteiger partial charge in [0.25, 0.3) is 11.6 Å². The number of benzene rings is 1. The molecule has 0 bridgehead atoms. The highest BCUT2D eigenvalue weighted by atomic mass is 19.2. The summed E-state index contributed by atoms with van der Waals surface area (Å²) in [6.07, 6.45) is 1.53. The first-order valence-electron chi connectivity index (χ1n) is 6.27. The summed E-state index contributed by atoms with van der Waals surface area (Å²) in [5.41, 5.74) is -1.27. The van der Waals surface area contributed by atoms with Gasteiger partial charge in [-0.15, -0.1) is 0 Å². The summed E-state index contributed by atoms with van der Waals surface area (Å²) in [5, 5.41) is 19.5. The molecule has 2 rings (SSSR count). The van der Waals surface area contributed by atoms with Gasteiger partial charge in [-0.05, 0) is 18.9 Å². The third-order valence-corrected chi connectivity index (χ3v) is 3.18. The third kappa shape index (κ3) is 3.13. The van der Waals surface area contributed by atoms with Gasteiger partial charge in [0.05, 0.1) is 23.5 Å². The van der Waals surface area contributed by atoms with Crippen molar-refractivity contribution in [2.75, 3.05) is 6.54 Å². The first kappa shape index (κ1) is 14.8. The maximum atomic E-state index is 13.3. The zero-order chi connectivity index (χ0) is 15.6. The van der Waals surface area contributed by atoms with E-state index in [0.29, 0.717) is 12.1 Å². The van der Waals surface area contributed by atoms with Crippen LogP contribution in [0.4, 0.5) is 14.5 Å². The monoisotopic (exact) mass is 295 g/mol. The topological polar surface area (TPSA) is 87.2 Å². The molecular weight excluding hydrogens is 284 g/mol.